The zero-order valence-corrected chi connectivity index (χ0v) is 22.8. The normalized spacial score (nSPS) is 11.6. The molecular weight excluding hydrogens is 574 g/mol. The average Bonchev–Trinajstić information content (AvgIpc) is 2.97. The number of para-hydroxylation sites is 1. The molecule has 0 aliphatic rings. The number of non-ortho nitro benzene ring substituents is 1. The van der Waals surface area contributed by atoms with Gasteiger partial charge in [0.2, 0.25) is 6.10 Å². The molecule has 0 aliphatic heterocycles. The lowest BCUT2D eigenvalue weighted by Crippen LogP contribution is -2.26. The molecule has 198 valence electrons. The molecule has 9 heteroatoms. The van der Waals surface area contributed by atoms with Crippen LogP contribution >= 0.6 is 15.9 Å². The van der Waals surface area contributed by atoms with Crippen LogP contribution in [0.5, 0.6) is 0 Å². The van der Waals surface area contributed by atoms with E-state index in [0.717, 1.165) is 11.1 Å². The van der Waals surface area contributed by atoms with Gasteiger partial charge in [0, 0.05) is 33.1 Å². The molecule has 5 rings (SSSR count). The molecule has 0 aliphatic carbocycles. The van der Waals surface area contributed by atoms with E-state index in [0.29, 0.717) is 32.3 Å². The number of benzene rings is 4. The number of halogens is 1. The van der Waals surface area contributed by atoms with Crippen molar-refractivity contribution in [2.75, 3.05) is 5.32 Å². The van der Waals surface area contributed by atoms with Gasteiger partial charge in [-0.25, -0.2) is 9.78 Å². The molecule has 1 heterocycles. The van der Waals surface area contributed by atoms with Gasteiger partial charge >= 0.3 is 5.97 Å². The molecule has 0 spiro atoms. The van der Waals surface area contributed by atoms with Crippen molar-refractivity contribution >= 4 is 50.1 Å². The van der Waals surface area contributed by atoms with Crippen LogP contribution in [0.4, 0.5) is 11.4 Å². The van der Waals surface area contributed by atoms with Crippen LogP contribution in [0.15, 0.2) is 108 Å². The molecule has 1 atom stereocenters. The number of anilines is 1. The lowest BCUT2D eigenvalue weighted by atomic mass is 10.0. The molecule has 0 saturated carbocycles. The van der Waals surface area contributed by atoms with Crippen molar-refractivity contribution in [3.63, 3.8) is 0 Å². The summed E-state index contributed by atoms with van der Waals surface area (Å²) in [6.07, 6.45) is -1.30. The molecule has 0 bridgehead atoms. The number of hydrogen-bond acceptors (Lipinski definition) is 6. The topological polar surface area (TPSA) is 111 Å². The number of nitro groups is 1. The number of nitrogens with one attached hydrogen (secondary N) is 1. The Balaban J connectivity index is 1.51. The number of rotatable bonds is 7. The zero-order valence-electron chi connectivity index (χ0n) is 21.2. The molecule has 40 heavy (non-hydrogen) atoms. The third-order valence-electron chi connectivity index (χ3n) is 6.27. The summed E-state index contributed by atoms with van der Waals surface area (Å²) < 4.78 is 6.19. The van der Waals surface area contributed by atoms with E-state index in [2.05, 4.69) is 21.2 Å². The summed E-state index contributed by atoms with van der Waals surface area (Å²) in [6, 6.07) is 29.3. The zero-order chi connectivity index (χ0) is 28.2. The monoisotopic (exact) mass is 595 g/mol. The summed E-state index contributed by atoms with van der Waals surface area (Å²) in [4.78, 5) is 42.5. The molecule has 1 unspecified atom stereocenters. The van der Waals surface area contributed by atoms with Crippen LogP contribution in [-0.4, -0.2) is 21.8 Å². The molecule has 8 nitrogen and oxygen atoms in total. The summed E-state index contributed by atoms with van der Waals surface area (Å²) in [5.74, 6) is -1.31. The first-order chi connectivity index (χ1) is 19.3. The Labute approximate surface area is 237 Å². The third kappa shape index (κ3) is 5.74. The number of aryl methyl sites for hydroxylation is 1. The van der Waals surface area contributed by atoms with E-state index < -0.39 is 22.9 Å². The van der Waals surface area contributed by atoms with E-state index >= 15 is 0 Å². The summed E-state index contributed by atoms with van der Waals surface area (Å²) >= 11 is 3.26. The number of nitro benzene ring substituents is 1. The van der Waals surface area contributed by atoms with Gasteiger partial charge in [0.05, 0.1) is 27.4 Å². The average molecular weight is 596 g/mol. The van der Waals surface area contributed by atoms with Gasteiger partial charge in [0.15, 0.2) is 0 Å². The maximum atomic E-state index is 13.7. The largest absolute Gasteiger partial charge is 0.444 e. The first kappa shape index (κ1) is 26.7. The molecule has 1 aromatic heterocycles. The molecule has 0 fully saturated rings. The highest BCUT2D eigenvalue weighted by molar-refractivity contribution is 9.10. The Hall–Kier alpha value is -4.89. The van der Waals surface area contributed by atoms with E-state index in [4.69, 9.17) is 9.72 Å². The van der Waals surface area contributed by atoms with Gasteiger partial charge in [-0.3, -0.25) is 14.9 Å². The Kier molecular flexibility index (Phi) is 7.65. The summed E-state index contributed by atoms with van der Waals surface area (Å²) in [5.41, 5.74) is 4.04. The molecule has 5 aromatic rings. The summed E-state index contributed by atoms with van der Waals surface area (Å²) in [7, 11) is 0. The Morgan fingerprint density at radius 2 is 1.62 bits per heavy atom. The molecule has 4 aromatic carbocycles. The van der Waals surface area contributed by atoms with Gasteiger partial charge in [0.25, 0.3) is 11.6 Å². The van der Waals surface area contributed by atoms with E-state index in [9.17, 15) is 19.7 Å². The van der Waals surface area contributed by atoms with Crippen LogP contribution < -0.4 is 5.32 Å². The van der Waals surface area contributed by atoms with Gasteiger partial charge in [-0.15, -0.1) is 0 Å². The maximum absolute atomic E-state index is 13.7. The number of aromatic nitrogens is 1. The molecule has 0 saturated heterocycles. The number of amides is 1. The minimum absolute atomic E-state index is 0.134. The van der Waals surface area contributed by atoms with Crippen molar-refractivity contribution in [1.29, 1.82) is 0 Å². The van der Waals surface area contributed by atoms with Gasteiger partial charge in [-0.05, 0) is 41.1 Å². The predicted molar refractivity (Wildman–Crippen MR) is 156 cm³/mol. The van der Waals surface area contributed by atoms with Crippen molar-refractivity contribution in [2.24, 2.45) is 0 Å². The van der Waals surface area contributed by atoms with Gasteiger partial charge in [-0.2, -0.15) is 0 Å². The minimum Gasteiger partial charge on any atom is -0.444 e. The highest BCUT2D eigenvalue weighted by Gasteiger charge is 2.28. The fourth-order valence-corrected chi connectivity index (χ4v) is 4.67. The Morgan fingerprint density at radius 1 is 0.925 bits per heavy atom. The Morgan fingerprint density at radius 3 is 2.33 bits per heavy atom. The second kappa shape index (κ2) is 11.5. The number of hydrogen-bond donors (Lipinski definition) is 1. The predicted octanol–water partition coefficient (Wildman–Crippen LogP) is 7.42. The van der Waals surface area contributed by atoms with E-state index in [-0.39, 0.29) is 11.3 Å². The first-order valence-corrected chi connectivity index (χ1v) is 13.1. The number of nitrogens with zero attached hydrogens (tertiary/aromatic N) is 2. The minimum atomic E-state index is -1.30. The maximum Gasteiger partial charge on any atom is 0.340 e. The SMILES string of the molecule is Cc1ccc(-c2cc(C(=O)OC(C(=O)Nc3ccc([N+](=O)[O-])cc3Br)c3ccccc3)c3ccccc3n2)cc1. The van der Waals surface area contributed by atoms with Crippen LogP contribution in [-0.2, 0) is 9.53 Å². The first-order valence-electron chi connectivity index (χ1n) is 12.3. The summed E-state index contributed by atoms with van der Waals surface area (Å²) in [5, 5.41) is 14.4. The molecule has 1 N–H and O–H groups in total. The van der Waals surface area contributed by atoms with Gasteiger partial charge in [0.1, 0.15) is 0 Å². The molecule has 1 amide bonds. The molecular formula is C31H22BrN3O5. The highest BCUT2D eigenvalue weighted by Crippen LogP contribution is 2.31. The standard InChI is InChI=1S/C31H22BrN3O5/c1-19-11-13-20(14-12-19)28-18-24(23-9-5-6-10-26(23)33-28)31(37)40-29(21-7-3-2-4-8-21)30(36)34-27-16-15-22(35(38)39)17-25(27)32/h2-18,29H,1H3,(H,34,36). The third-order valence-corrected chi connectivity index (χ3v) is 6.93. The van der Waals surface area contributed by atoms with E-state index in [1.165, 1.54) is 18.2 Å². The van der Waals surface area contributed by atoms with Crippen molar-refractivity contribution in [3.05, 3.63) is 134 Å². The second-order valence-corrected chi connectivity index (χ2v) is 9.90. The Bertz CT molecular complexity index is 1740. The highest BCUT2D eigenvalue weighted by atomic mass is 79.9. The van der Waals surface area contributed by atoms with Crippen molar-refractivity contribution < 1.29 is 19.2 Å². The quantitative estimate of drug-likeness (QED) is 0.119. The van der Waals surface area contributed by atoms with Crippen molar-refractivity contribution in [1.82, 2.24) is 4.98 Å². The lowest BCUT2D eigenvalue weighted by Gasteiger charge is -2.19. The number of pyridine rings is 1. The fourth-order valence-electron chi connectivity index (χ4n) is 4.21. The fraction of sp³-hybridized carbons (Fsp3) is 0.0645. The van der Waals surface area contributed by atoms with Crippen LogP contribution in [0.1, 0.15) is 27.6 Å². The second-order valence-electron chi connectivity index (χ2n) is 9.04. The molecule has 0 radical (unpaired) electrons. The van der Waals surface area contributed by atoms with Crippen LogP contribution in [0.25, 0.3) is 22.2 Å². The van der Waals surface area contributed by atoms with Crippen LogP contribution in [0.3, 0.4) is 0 Å². The van der Waals surface area contributed by atoms with E-state index in [1.54, 1.807) is 48.5 Å². The number of fused-ring (bicyclic) bond motifs is 1. The van der Waals surface area contributed by atoms with Crippen molar-refractivity contribution in [3.8, 4) is 11.3 Å². The van der Waals surface area contributed by atoms with E-state index in [1.807, 2.05) is 43.3 Å². The number of carbonyl (C=O) groups is 2. The number of ether oxygens (including phenoxy) is 1. The lowest BCUT2D eigenvalue weighted by molar-refractivity contribution is -0.384. The smallest absolute Gasteiger partial charge is 0.340 e. The summed E-state index contributed by atoms with van der Waals surface area (Å²) in [6.45, 7) is 1.99. The van der Waals surface area contributed by atoms with Crippen LogP contribution in [0.2, 0.25) is 0 Å². The number of carbonyl (C=O) groups excluding carboxylic acids is 2. The van der Waals surface area contributed by atoms with Gasteiger partial charge in [-0.1, -0.05) is 78.4 Å². The van der Waals surface area contributed by atoms with Crippen molar-refractivity contribution in [2.45, 2.75) is 13.0 Å². The number of esters is 1. The van der Waals surface area contributed by atoms with Crippen LogP contribution in [0, 0.1) is 17.0 Å². The van der Waals surface area contributed by atoms with Gasteiger partial charge < -0.3 is 10.1 Å².